The average molecular weight is 414 g/mol. The molecule has 0 bridgehead atoms. The minimum atomic E-state index is -3.78. The summed E-state index contributed by atoms with van der Waals surface area (Å²) in [6.45, 7) is 0.602. The van der Waals surface area contributed by atoms with Crippen LogP contribution in [0.3, 0.4) is 0 Å². The largest absolute Gasteiger partial charge is 0.322 e. The third-order valence-electron chi connectivity index (χ3n) is 4.05. The number of nitro groups is 1. The number of rotatable bonds is 6. The predicted octanol–water partition coefficient (Wildman–Crippen LogP) is 2.72. The summed E-state index contributed by atoms with van der Waals surface area (Å²) in [4.78, 5) is 26.5. The summed E-state index contributed by atoms with van der Waals surface area (Å²) >= 11 is 0. The fourth-order valence-electron chi connectivity index (χ4n) is 2.68. The predicted molar refractivity (Wildman–Crippen MR) is 109 cm³/mol. The lowest BCUT2D eigenvalue weighted by atomic mass is 10.2. The van der Waals surface area contributed by atoms with Crippen molar-refractivity contribution in [3.63, 3.8) is 0 Å². The molecule has 1 aliphatic heterocycles. The van der Waals surface area contributed by atoms with Gasteiger partial charge in [-0.3, -0.25) is 24.6 Å². The van der Waals surface area contributed by atoms with E-state index in [0.29, 0.717) is 30.1 Å². The van der Waals surface area contributed by atoms with Gasteiger partial charge in [-0.2, -0.15) is 0 Å². The van der Waals surface area contributed by atoms with Crippen LogP contribution in [0.2, 0.25) is 0 Å². The topological polar surface area (TPSA) is 131 Å². The van der Waals surface area contributed by atoms with Crippen molar-refractivity contribution < 1.29 is 18.1 Å². The maximum absolute atomic E-state index is 12.5. The first kappa shape index (κ1) is 20.2. The van der Waals surface area contributed by atoms with Gasteiger partial charge in [-0.1, -0.05) is 18.2 Å². The monoisotopic (exact) mass is 414 g/mol. The number of carbonyl (C=O) groups excluding carboxylic acids is 1. The number of carbonyl (C=O) groups is 1. The maximum atomic E-state index is 12.5. The summed E-state index contributed by atoms with van der Waals surface area (Å²) in [7, 11) is -3.78. The van der Waals surface area contributed by atoms with Gasteiger partial charge in [-0.15, -0.1) is 0 Å². The second-order valence-corrected chi connectivity index (χ2v) is 7.92. The molecule has 29 heavy (non-hydrogen) atoms. The number of nitro benzene ring substituents is 1. The van der Waals surface area contributed by atoms with Crippen molar-refractivity contribution in [2.75, 3.05) is 11.9 Å². The van der Waals surface area contributed by atoms with E-state index in [2.05, 4.69) is 15.0 Å². The van der Waals surface area contributed by atoms with Crippen LogP contribution in [0.25, 0.3) is 6.08 Å². The van der Waals surface area contributed by atoms with E-state index in [0.717, 1.165) is 6.42 Å². The molecule has 150 valence electrons. The number of nitrogens with one attached hydrogen (secondary N) is 2. The standard InChI is InChI=1S/C19H18N4O5S/c24-19(10-9-14-4-1-6-16(12-14)23(25)26)21-15-5-2-7-17(13-15)29(27,28)22-18-8-3-11-20-18/h1-2,4-7,9-10,12-13H,3,8,11H2,(H,20,22)(H,21,24)/b10-9+. The molecule has 0 fully saturated rings. The lowest BCUT2D eigenvalue weighted by Crippen LogP contribution is -2.29. The second-order valence-electron chi connectivity index (χ2n) is 6.24. The molecule has 0 unspecified atom stereocenters. The number of hydrogen-bond donors (Lipinski definition) is 2. The number of hydrogen-bond acceptors (Lipinski definition) is 6. The van der Waals surface area contributed by atoms with Crippen molar-refractivity contribution in [3.05, 3.63) is 70.3 Å². The zero-order chi connectivity index (χ0) is 20.9. The fraction of sp³-hybridized carbons (Fsp3) is 0.158. The molecule has 0 spiro atoms. The molecule has 10 heteroatoms. The molecule has 1 amide bonds. The minimum Gasteiger partial charge on any atom is -0.322 e. The van der Waals surface area contributed by atoms with Gasteiger partial charge in [0.05, 0.1) is 9.82 Å². The molecule has 0 saturated heterocycles. The summed E-state index contributed by atoms with van der Waals surface area (Å²) in [6.07, 6.45) is 4.04. The number of sulfonamides is 1. The highest BCUT2D eigenvalue weighted by Crippen LogP contribution is 2.17. The molecule has 1 aliphatic rings. The van der Waals surface area contributed by atoms with Crippen LogP contribution in [-0.4, -0.2) is 31.6 Å². The first-order valence-corrected chi connectivity index (χ1v) is 10.2. The molecule has 0 saturated carbocycles. The van der Waals surface area contributed by atoms with E-state index >= 15 is 0 Å². The van der Waals surface area contributed by atoms with Gasteiger partial charge >= 0.3 is 0 Å². The van der Waals surface area contributed by atoms with E-state index in [-0.39, 0.29) is 10.6 Å². The summed E-state index contributed by atoms with van der Waals surface area (Å²) in [5.74, 6) is -0.0708. The number of non-ortho nitro benzene ring substituents is 1. The summed E-state index contributed by atoms with van der Waals surface area (Å²) < 4.78 is 27.4. The normalized spacial score (nSPS) is 13.9. The zero-order valence-electron chi connectivity index (χ0n) is 15.2. The van der Waals surface area contributed by atoms with Crippen LogP contribution < -0.4 is 10.0 Å². The SMILES string of the molecule is O=C(/C=C/c1cccc([N+](=O)[O-])c1)Nc1cccc(S(=O)(=O)NC2=NCCC2)c1. The van der Waals surface area contributed by atoms with Crippen LogP contribution in [0.5, 0.6) is 0 Å². The lowest BCUT2D eigenvalue weighted by molar-refractivity contribution is -0.384. The van der Waals surface area contributed by atoms with E-state index in [4.69, 9.17) is 0 Å². The van der Waals surface area contributed by atoms with Gasteiger partial charge in [0.1, 0.15) is 5.84 Å². The smallest absolute Gasteiger partial charge is 0.270 e. The number of amides is 1. The summed E-state index contributed by atoms with van der Waals surface area (Å²) in [5.41, 5.74) is 0.715. The van der Waals surface area contributed by atoms with Gasteiger partial charge in [0.25, 0.3) is 15.7 Å². The molecule has 2 N–H and O–H groups in total. The highest BCUT2D eigenvalue weighted by Gasteiger charge is 2.18. The Balaban J connectivity index is 1.69. The molecule has 1 heterocycles. The number of aliphatic imine (C=N–C) groups is 1. The van der Waals surface area contributed by atoms with Gasteiger partial charge in [0, 0.05) is 36.9 Å². The maximum Gasteiger partial charge on any atom is 0.270 e. The van der Waals surface area contributed by atoms with Crippen molar-refractivity contribution in [2.45, 2.75) is 17.7 Å². The molecule has 2 aromatic rings. The zero-order valence-corrected chi connectivity index (χ0v) is 16.1. The molecular weight excluding hydrogens is 396 g/mol. The molecule has 0 radical (unpaired) electrons. The van der Waals surface area contributed by atoms with Crippen LogP contribution in [0.1, 0.15) is 18.4 Å². The van der Waals surface area contributed by atoms with Crippen LogP contribution >= 0.6 is 0 Å². The number of anilines is 1. The molecule has 0 aromatic heterocycles. The van der Waals surface area contributed by atoms with Crippen molar-refractivity contribution in [1.82, 2.24) is 4.72 Å². The Kier molecular flexibility index (Phi) is 6.03. The van der Waals surface area contributed by atoms with Crippen molar-refractivity contribution in [1.29, 1.82) is 0 Å². The third kappa shape index (κ3) is 5.48. The number of benzene rings is 2. The fourth-order valence-corrected chi connectivity index (χ4v) is 3.81. The third-order valence-corrected chi connectivity index (χ3v) is 5.43. The quantitative estimate of drug-likeness (QED) is 0.426. The van der Waals surface area contributed by atoms with Crippen LogP contribution in [0.15, 0.2) is 64.5 Å². The summed E-state index contributed by atoms with van der Waals surface area (Å²) in [5, 5.41) is 13.4. The second kappa shape index (κ2) is 8.65. The van der Waals surface area contributed by atoms with Crippen molar-refractivity contribution >= 4 is 39.2 Å². The first-order valence-electron chi connectivity index (χ1n) is 8.73. The van der Waals surface area contributed by atoms with Crippen molar-refractivity contribution in [2.24, 2.45) is 4.99 Å². The molecular formula is C19H18N4O5S. The highest BCUT2D eigenvalue weighted by atomic mass is 32.2. The number of nitrogens with zero attached hydrogens (tertiary/aromatic N) is 2. The molecule has 0 aliphatic carbocycles. The Labute approximate surface area is 167 Å². The van der Waals surface area contributed by atoms with Crippen LogP contribution in [-0.2, 0) is 14.8 Å². The molecule has 0 atom stereocenters. The van der Waals surface area contributed by atoms with Crippen molar-refractivity contribution in [3.8, 4) is 0 Å². The van der Waals surface area contributed by atoms with Gasteiger partial charge in [0.2, 0.25) is 5.91 Å². The first-order chi connectivity index (χ1) is 13.8. The van der Waals surface area contributed by atoms with Gasteiger partial charge in [0.15, 0.2) is 0 Å². The molecule has 3 rings (SSSR count). The minimum absolute atomic E-state index is 0.00700. The van der Waals surface area contributed by atoms with E-state index < -0.39 is 20.9 Å². The van der Waals surface area contributed by atoms with Crippen LogP contribution in [0, 0.1) is 10.1 Å². The summed E-state index contributed by atoms with van der Waals surface area (Å²) in [6, 6.07) is 11.7. The molecule has 2 aromatic carbocycles. The average Bonchev–Trinajstić information content (AvgIpc) is 3.19. The Morgan fingerprint density at radius 1 is 1.17 bits per heavy atom. The van der Waals surface area contributed by atoms with E-state index in [1.165, 1.54) is 48.6 Å². The van der Waals surface area contributed by atoms with E-state index in [1.807, 2.05) is 0 Å². The lowest BCUT2D eigenvalue weighted by Gasteiger charge is -2.09. The Morgan fingerprint density at radius 3 is 2.69 bits per heavy atom. The Hall–Kier alpha value is -3.53. The van der Waals surface area contributed by atoms with Gasteiger partial charge in [-0.25, -0.2) is 8.42 Å². The Morgan fingerprint density at radius 2 is 1.97 bits per heavy atom. The van der Waals surface area contributed by atoms with Gasteiger partial charge in [-0.05, 0) is 36.3 Å². The van der Waals surface area contributed by atoms with E-state index in [9.17, 15) is 23.3 Å². The number of amidine groups is 1. The van der Waals surface area contributed by atoms with Gasteiger partial charge < -0.3 is 5.32 Å². The van der Waals surface area contributed by atoms with Crippen LogP contribution in [0.4, 0.5) is 11.4 Å². The molecule has 9 nitrogen and oxygen atoms in total. The Bertz CT molecular complexity index is 1110. The highest BCUT2D eigenvalue weighted by molar-refractivity contribution is 7.90. The van der Waals surface area contributed by atoms with E-state index in [1.54, 1.807) is 12.1 Å².